The molecule has 2 saturated heterocycles. The molecule has 1 aromatic carbocycles. The van der Waals surface area contributed by atoms with E-state index in [1.165, 1.54) is 18.5 Å². The predicted octanol–water partition coefficient (Wildman–Crippen LogP) is 3.05. The number of piperidine rings is 1. The number of fused-ring (bicyclic) bond motifs is 1. The maximum Gasteiger partial charge on any atom is 0.154 e. The topological polar surface area (TPSA) is 75.2 Å². The SMILES string of the molecule is S.c1cnc2c(NC[C@H]3CCCNC3)nc(-c3ccc(N4CCOCC4)cc3)cc2n1. The molecule has 1 atom stereocenters. The van der Waals surface area contributed by atoms with Crippen molar-refractivity contribution >= 4 is 36.0 Å². The summed E-state index contributed by atoms with van der Waals surface area (Å²) in [5.41, 5.74) is 4.92. The molecule has 2 N–H and O–H groups in total. The molecule has 5 rings (SSSR count). The van der Waals surface area contributed by atoms with Crippen LogP contribution in [0.4, 0.5) is 11.5 Å². The third kappa shape index (κ3) is 5.08. The lowest BCUT2D eigenvalue weighted by Gasteiger charge is -2.28. The summed E-state index contributed by atoms with van der Waals surface area (Å²) >= 11 is 0. The van der Waals surface area contributed by atoms with Crippen LogP contribution in [0, 0.1) is 5.92 Å². The maximum absolute atomic E-state index is 5.46. The summed E-state index contributed by atoms with van der Waals surface area (Å²) in [6.07, 6.45) is 5.94. The number of nitrogens with one attached hydrogen (secondary N) is 2. The van der Waals surface area contributed by atoms with Crippen LogP contribution >= 0.6 is 13.5 Å². The Morgan fingerprint density at radius 3 is 2.68 bits per heavy atom. The first kappa shape index (κ1) is 21.8. The van der Waals surface area contributed by atoms with E-state index in [0.29, 0.717) is 5.92 Å². The van der Waals surface area contributed by atoms with Gasteiger partial charge in [0.2, 0.25) is 0 Å². The third-order valence-corrected chi connectivity index (χ3v) is 5.95. The van der Waals surface area contributed by atoms with E-state index in [9.17, 15) is 0 Å². The number of hydrogen-bond acceptors (Lipinski definition) is 7. The average Bonchev–Trinajstić information content (AvgIpc) is 2.84. The second-order valence-electron chi connectivity index (χ2n) is 8.02. The summed E-state index contributed by atoms with van der Waals surface area (Å²) in [6, 6.07) is 10.7. The van der Waals surface area contributed by atoms with E-state index in [2.05, 4.69) is 49.8 Å². The molecule has 4 heterocycles. The first-order chi connectivity index (χ1) is 14.9. The van der Waals surface area contributed by atoms with Gasteiger partial charge >= 0.3 is 0 Å². The van der Waals surface area contributed by atoms with Crippen LogP contribution in [0.2, 0.25) is 0 Å². The van der Waals surface area contributed by atoms with Gasteiger partial charge in [-0.15, -0.1) is 0 Å². The fourth-order valence-electron chi connectivity index (χ4n) is 4.25. The van der Waals surface area contributed by atoms with E-state index in [-0.39, 0.29) is 13.5 Å². The highest BCUT2D eigenvalue weighted by atomic mass is 32.1. The largest absolute Gasteiger partial charge is 0.378 e. The molecule has 0 unspecified atom stereocenters. The van der Waals surface area contributed by atoms with Crippen molar-refractivity contribution < 1.29 is 4.74 Å². The van der Waals surface area contributed by atoms with Gasteiger partial charge in [-0.3, -0.25) is 4.98 Å². The van der Waals surface area contributed by atoms with Gasteiger partial charge in [-0.1, -0.05) is 12.1 Å². The minimum atomic E-state index is 0. The Kier molecular flexibility index (Phi) is 7.21. The van der Waals surface area contributed by atoms with Crippen LogP contribution in [0.15, 0.2) is 42.7 Å². The van der Waals surface area contributed by atoms with Crippen LogP contribution < -0.4 is 15.5 Å². The summed E-state index contributed by atoms with van der Waals surface area (Å²) in [5.74, 6) is 1.43. The molecule has 8 heteroatoms. The van der Waals surface area contributed by atoms with Gasteiger partial charge in [0.1, 0.15) is 5.52 Å². The molecule has 3 aromatic rings. The van der Waals surface area contributed by atoms with E-state index >= 15 is 0 Å². The molecule has 0 aliphatic carbocycles. The molecule has 0 amide bonds. The monoisotopic (exact) mass is 438 g/mol. The van der Waals surface area contributed by atoms with Crippen molar-refractivity contribution in [2.24, 2.45) is 5.92 Å². The number of aromatic nitrogens is 3. The van der Waals surface area contributed by atoms with Gasteiger partial charge in [0.05, 0.1) is 24.4 Å². The van der Waals surface area contributed by atoms with Crippen molar-refractivity contribution in [3.63, 3.8) is 0 Å². The standard InChI is InChI=1S/C23H28N6O.H2S/c1-2-17(15-24-7-1)16-27-23-22-21(25-8-9-26-22)14-20(28-23)18-3-5-19(6-4-18)29-10-12-30-13-11-29;/h3-6,8-9,14,17,24H,1-2,7,10-13,15-16H2,(H,27,28);1H2/t17-;/m0./s1. The number of rotatable bonds is 5. The Balaban J connectivity index is 0.00000231. The molecular formula is C23H30N6OS. The summed E-state index contributed by atoms with van der Waals surface area (Å²) < 4.78 is 5.46. The Hall–Kier alpha value is -2.42. The van der Waals surface area contributed by atoms with Crippen LogP contribution in [0.1, 0.15) is 12.8 Å². The van der Waals surface area contributed by atoms with Gasteiger partial charge < -0.3 is 20.3 Å². The van der Waals surface area contributed by atoms with Gasteiger partial charge in [-0.2, -0.15) is 13.5 Å². The van der Waals surface area contributed by atoms with Crippen LogP contribution in [-0.2, 0) is 4.74 Å². The molecule has 31 heavy (non-hydrogen) atoms. The zero-order chi connectivity index (χ0) is 20.2. The van der Waals surface area contributed by atoms with Crippen molar-refractivity contribution in [3.05, 3.63) is 42.7 Å². The lowest BCUT2D eigenvalue weighted by Crippen LogP contribution is -2.36. The average molecular weight is 439 g/mol. The molecule has 2 aliphatic heterocycles. The van der Waals surface area contributed by atoms with Crippen molar-refractivity contribution in [2.75, 3.05) is 56.2 Å². The fourth-order valence-corrected chi connectivity index (χ4v) is 4.25. The normalized spacial score (nSPS) is 19.1. The highest BCUT2D eigenvalue weighted by Crippen LogP contribution is 2.27. The Bertz CT molecular complexity index is 987. The summed E-state index contributed by atoms with van der Waals surface area (Å²) in [7, 11) is 0. The second-order valence-corrected chi connectivity index (χ2v) is 8.02. The highest BCUT2D eigenvalue weighted by molar-refractivity contribution is 7.59. The van der Waals surface area contributed by atoms with Crippen LogP contribution in [0.3, 0.4) is 0 Å². The number of pyridine rings is 1. The maximum atomic E-state index is 5.46. The Labute approximate surface area is 190 Å². The van der Waals surface area contributed by atoms with Gasteiger partial charge in [0.25, 0.3) is 0 Å². The Morgan fingerprint density at radius 1 is 1.10 bits per heavy atom. The van der Waals surface area contributed by atoms with Crippen LogP contribution in [-0.4, -0.2) is 60.9 Å². The number of morpholine rings is 1. The molecule has 2 aromatic heterocycles. The molecule has 2 aliphatic rings. The predicted molar refractivity (Wildman–Crippen MR) is 130 cm³/mol. The number of anilines is 2. The van der Waals surface area contributed by atoms with Gasteiger partial charge in [-0.25, -0.2) is 9.97 Å². The number of benzene rings is 1. The quantitative estimate of drug-likeness (QED) is 0.634. The van der Waals surface area contributed by atoms with E-state index in [0.717, 1.165) is 74.0 Å². The smallest absolute Gasteiger partial charge is 0.154 e. The second kappa shape index (κ2) is 10.3. The zero-order valence-corrected chi connectivity index (χ0v) is 18.7. The summed E-state index contributed by atoms with van der Waals surface area (Å²) in [6.45, 7) is 6.53. The molecule has 0 spiro atoms. The van der Waals surface area contributed by atoms with E-state index < -0.39 is 0 Å². The molecular weight excluding hydrogens is 408 g/mol. The first-order valence-corrected chi connectivity index (χ1v) is 10.9. The van der Waals surface area contributed by atoms with E-state index in [4.69, 9.17) is 9.72 Å². The lowest BCUT2D eigenvalue weighted by molar-refractivity contribution is 0.122. The molecule has 2 fully saturated rings. The van der Waals surface area contributed by atoms with Crippen LogP contribution in [0.25, 0.3) is 22.3 Å². The fraction of sp³-hybridized carbons (Fsp3) is 0.435. The number of nitrogens with zero attached hydrogens (tertiary/aromatic N) is 4. The molecule has 0 saturated carbocycles. The lowest BCUT2D eigenvalue weighted by atomic mass is 10.00. The van der Waals surface area contributed by atoms with Gasteiger partial charge in [0, 0.05) is 43.3 Å². The Morgan fingerprint density at radius 2 is 1.90 bits per heavy atom. The van der Waals surface area contributed by atoms with E-state index in [1.54, 1.807) is 12.4 Å². The highest BCUT2D eigenvalue weighted by Gasteiger charge is 2.16. The van der Waals surface area contributed by atoms with Crippen molar-refractivity contribution in [2.45, 2.75) is 12.8 Å². The third-order valence-electron chi connectivity index (χ3n) is 5.95. The van der Waals surface area contributed by atoms with Crippen molar-refractivity contribution in [1.29, 1.82) is 0 Å². The van der Waals surface area contributed by atoms with Gasteiger partial charge in [0.15, 0.2) is 5.82 Å². The molecule has 7 nitrogen and oxygen atoms in total. The van der Waals surface area contributed by atoms with Crippen molar-refractivity contribution in [1.82, 2.24) is 20.3 Å². The molecule has 0 radical (unpaired) electrons. The van der Waals surface area contributed by atoms with Crippen LogP contribution in [0.5, 0.6) is 0 Å². The van der Waals surface area contributed by atoms with E-state index in [1.807, 2.05) is 6.07 Å². The van der Waals surface area contributed by atoms with Gasteiger partial charge in [-0.05, 0) is 50.0 Å². The summed E-state index contributed by atoms with van der Waals surface area (Å²) in [5, 5.41) is 7.03. The minimum absolute atomic E-state index is 0. The first-order valence-electron chi connectivity index (χ1n) is 10.9. The number of ether oxygens (including phenoxy) is 1. The van der Waals surface area contributed by atoms with Crippen molar-refractivity contribution in [3.8, 4) is 11.3 Å². The molecule has 164 valence electrons. The summed E-state index contributed by atoms with van der Waals surface area (Å²) in [4.78, 5) is 16.4. The number of hydrogen-bond donors (Lipinski definition) is 2. The molecule has 0 bridgehead atoms. The zero-order valence-electron chi connectivity index (χ0n) is 17.7. The minimum Gasteiger partial charge on any atom is -0.378 e.